The number of rotatable bonds is 2. The third-order valence-corrected chi connectivity index (χ3v) is 3.58. The summed E-state index contributed by atoms with van der Waals surface area (Å²) < 4.78 is 27.5. The van der Waals surface area contributed by atoms with Crippen molar-refractivity contribution < 1.29 is 8.78 Å². The number of aryl methyl sites for hydroxylation is 1. The molecule has 0 fully saturated rings. The van der Waals surface area contributed by atoms with Crippen molar-refractivity contribution in [2.75, 3.05) is 0 Å². The van der Waals surface area contributed by atoms with Gasteiger partial charge in [-0.1, -0.05) is 48.5 Å². The molecule has 3 aromatic rings. The Morgan fingerprint density at radius 1 is 0.667 bits per heavy atom. The highest BCUT2D eigenvalue weighted by Gasteiger charge is 2.13. The zero-order chi connectivity index (χ0) is 14.8. The maximum Gasteiger partial charge on any atom is 0.131 e. The highest BCUT2D eigenvalue weighted by Crippen LogP contribution is 2.35. The Morgan fingerprint density at radius 3 is 2.05 bits per heavy atom. The van der Waals surface area contributed by atoms with E-state index < -0.39 is 0 Å². The minimum Gasteiger partial charge on any atom is -0.207 e. The van der Waals surface area contributed by atoms with Crippen LogP contribution in [0.25, 0.3) is 22.3 Å². The van der Waals surface area contributed by atoms with Gasteiger partial charge in [-0.05, 0) is 47.4 Å². The minimum absolute atomic E-state index is 0.303. The molecule has 0 atom stereocenters. The van der Waals surface area contributed by atoms with E-state index in [1.807, 2.05) is 37.3 Å². The summed E-state index contributed by atoms with van der Waals surface area (Å²) in [5, 5.41) is 0. The van der Waals surface area contributed by atoms with Crippen LogP contribution in [-0.4, -0.2) is 0 Å². The first-order valence-corrected chi connectivity index (χ1v) is 6.77. The Labute approximate surface area is 122 Å². The van der Waals surface area contributed by atoms with E-state index in [0.717, 1.165) is 16.7 Å². The van der Waals surface area contributed by atoms with E-state index in [2.05, 4.69) is 0 Å². The van der Waals surface area contributed by atoms with Gasteiger partial charge >= 0.3 is 0 Å². The summed E-state index contributed by atoms with van der Waals surface area (Å²) in [5.41, 5.74) is 4.06. The van der Waals surface area contributed by atoms with E-state index >= 15 is 0 Å². The van der Waals surface area contributed by atoms with Gasteiger partial charge in [0.2, 0.25) is 0 Å². The molecule has 0 saturated heterocycles. The first-order valence-electron chi connectivity index (χ1n) is 6.77. The summed E-state index contributed by atoms with van der Waals surface area (Å²) in [6, 6.07) is 18.8. The van der Waals surface area contributed by atoms with Crippen molar-refractivity contribution in [2.24, 2.45) is 0 Å². The Hall–Kier alpha value is -2.48. The smallest absolute Gasteiger partial charge is 0.131 e. The summed E-state index contributed by atoms with van der Waals surface area (Å²) in [7, 11) is 0. The Morgan fingerprint density at radius 2 is 1.33 bits per heavy atom. The van der Waals surface area contributed by atoms with Gasteiger partial charge in [0, 0.05) is 5.56 Å². The zero-order valence-corrected chi connectivity index (χ0v) is 11.6. The molecule has 0 heterocycles. The summed E-state index contributed by atoms with van der Waals surface area (Å²) in [6.45, 7) is 1.99. The molecule has 104 valence electrons. The van der Waals surface area contributed by atoms with E-state index in [1.165, 1.54) is 18.2 Å². The van der Waals surface area contributed by atoms with Crippen LogP contribution >= 0.6 is 0 Å². The van der Waals surface area contributed by atoms with E-state index in [9.17, 15) is 8.78 Å². The van der Waals surface area contributed by atoms with Gasteiger partial charge in [-0.2, -0.15) is 0 Å². The second kappa shape index (κ2) is 5.49. The summed E-state index contributed by atoms with van der Waals surface area (Å²) in [6.07, 6.45) is 0. The maximum absolute atomic E-state index is 14.4. The lowest BCUT2D eigenvalue weighted by Crippen LogP contribution is -1.92. The van der Waals surface area contributed by atoms with Gasteiger partial charge in [-0.3, -0.25) is 0 Å². The number of hydrogen-bond acceptors (Lipinski definition) is 0. The molecule has 21 heavy (non-hydrogen) atoms. The van der Waals surface area contributed by atoms with Gasteiger partial charge in [0.05, 0.1) is 0 Å². The second-order valence-electron chi connectivity index (χ2n) is 4.98. The second-order valence-corrected chi connectivity index (χ2v) is 4.98. The monoisotopic (exact) mass is 280 g/mol. The molecule has 3 aromatic carbocycles. The molecule has 0 aliphatic carbocycles. The number of halogens is 2. The van der Waals surface area contributed by atoms with E-state index in [4.69, 9.17) is 0 Å². The molecule has 3 rings (SSSR count). The molecule has 0 aromatic heterocycles. The fraction of sp³-hybridized carbons (Fsp3) is 0.0526. The van der Waals surface area contributed by atoms with Gasteiger partial charge in [-0.15, -0.1) is 0 Å². The van der Waals surface area contributed by atoms with Crippen molar-refractivity contribution in [3.05, 3.63) is 83.9 Å². The normalized spacial score (nSPS) is 10.6. The van der Waals surface area contributed by atoms with Crippen molar-refractivity contribution in [1.82, 2.24) is 0 Å². The standard InChI is InChI=1S/C19H14F2/c1-13-5-2-3-6-16(13)17-7-4-8-18(21)19(17)14-9-11-15(20)12-10-14/h2-12H,1H3. The van der Waals surface area contributed by atoms with Crippen LogP contribution in [0.1, 0.15) is 5.56 Å². The molecule has 0 saturated carbocycles. The van der Waals surface area contributed by atoms with E-state index in [1.54, 1.807) is 18.2 Å². The van der Waals surface area contributed by atoms with Gasteiger partial charge in [0.1, 0.15) is 11.6 Å². The molecule has 0 radical (unpaired) electrons. The van der Waals surface area contributed by atoms with E-state index in [0.29, 0.717) is 11.1 Å². The Balaban J connectivity index is 2.26. The Bertz CT molecular complexity index is 774. The Kier molecular flexibility index (Phi) is 3.53. The average Bonchev–Trinajstić information content (AvgIpc) is 2.49. The van der Waals surface area contributed by atoms with Crippen LogP contribution < -0.4 is 0 Å². The van der Waals surface area contributed by atoms with E-state index in [-0.39, 0.29) is 11.6 Å². The molecule has 0 nitrogen and oxygen atoms in total. The third kappa shape index (κ3) is 2.57. The molecule has 0 bridgehead atoms. The van der Waals surface area contributed by atoms with Crippen LogP contribution in [0.4, 0.5) is 8.78 Å². The van der Waals surface area contributed by atoms with Crippen molar-refractivity contribution >= 4 is 0 Å². The zero-order valence-electron chi connectivity index (χ0n) is 11.6. The lowest BCUT2D eigenvalue weighted by Gasteiger charge is -2.13. The largest absolute Gasteiger partial charge is 0.207 e. The summed E-state index contributed by atoms with van der Waals surface area (Å²) in [4.78, 5) is 0. The molecule has 0 amide bonds. The molecule has 0 spiro atoms. The predicted octanol–water partition coefficient (Wildman–Crippen LogP) is 5.61. The molecule has 0 unspecified atom stereocenters. The number of hydrogen-bond donors (Lipinski definition) is 0. The lowest BCUT2D eigenvalue weighted by atomic mass is 9.92. The SMILES string of the molecule is Cc1ccccc1-c1cccc(F)c1-c1ccc(F)cc1. The van der Waals surface area contributed by atoms with Gasteiger partial charge in [-0.25, -0.2) is 8.78 Å². The molecule has 2 heteroatoms. The maximum atomic E-state index is 14.4. The van der Waals surface area contributed by atoms with Crippen LogP contribution in [0.3, 0.4) is 0 Å². The minimum atomic E-state index is -0.326. The van der Waals surface area contributed by atoms with Crippen molar-refractivity contribution in [3.63, 3.8) is 0 Å². The molecule has 0 aliphatic heterocycles. The van der Waals surface area contributed by atoms with Gasteiger partial charge in [0.25, 0.3) is 0 Å². The third-order valence-electron chi connectivity index (χ3n) is 3.58. The van der Waals surface area contributed by atoms with Crippen LogP contribution in [-0.2, 0) is 0 Å². The molecular formula is C19H14F2. The topological polar surface area (TPSA) is 0 Å². The fourth-order valence-electron chi connectivity index (χ4n) is 2.53. The predicted molar refractivity (Wildman–Crippen MR) is 82.0 cm³/mol. The van der Waals surface area contributed by atoms with Crippen LogP contribution in [0.15, 0.2) is 66.7 Å². The van der Waals surface area contributed by atoms with Crippen molar-refractivity contribution in [1.29, 1.82) is 0 Å². The molecule has 0 aliphatic rings. The lowest BCUT2D eigenvalue weighted by molar-refractivity contribution is 0.626. The van der Waals surface area contributed by atoms with Crippen LogP contribution in [0.2, 0.25) is 0 Å². The van der Waals surface area contributed by atoms with Crippen molar-refractivity contribution in [2.45, 2.75) is 6.92 Å². The van der Waals surface area contributed by atoms with Gasteiger partial charge < -0.3 is 0 Å². The van der Waals surface area contributed by atoms with Gasteiger partial charge in [0.15, 0.2) is 0 Å². The fourth-order valence-corrected chi connectivity index (χ4v) is 2.53. The summed E-state index contributed by atoms with van der Waals surface area (Å²) in [5.74, 6) is -0.630. The summed E-state index contributed by atoms with van der Waals surface area (Å²) >= 11 is 0. The highest BCUT2D eigenvalue weighted by atomic mass is 19.1. The molecular weight excluding hydrogens is 266 g/mol. The molecule has 0 N–H and O–H groups in total. The number of benzene rings is 3. The van der Waals surface area contributed by atoms with Crippen molar-refractivity contribution in [3.8, 4) is 22.3 Å². The first-order chi connectivity index (χ1) is 10.2. The average molecular weight is 280 g/mol. The quantitative estimate of drug-likeness (QED) is 0.572. The first kappa shape index (κ1) is 13.5. The highest BCUT2D eigenvalue weighted by molar-refractivity contribution is 5.85. The van der Waals surface area contributed by atoms with Crippen LogP contribution in [0.5, 0.6) is 0 Å². The van der Waals surface area contributed by atoms with Crippen LogP contribution in [0, 0.1) is 18.6 Å².